The van der Waals surface area contributed by atoms with E-state index in [9.17, 15) is 15.0 Å². The molecule has 5 nitrogen and oxygen atoms in total. The minimum Gasteiger partial charge on any atom is -0.506 e. The third kappa shape index (κ3) is 2.52. The maximum atomic E-state index is 10.8. The van der Waals surface area contributed by atoms with Gasteiger partial charge in [0.05, 0.1) is 11.1 Å². The first-order chi connectivity index (χ1) is 8.49. The van der Waals surface area contributed by atoms with E-state index in [1.807, 2.05) is 0 Å². The second kappa shape index (κ2) is 5.04. The third-order valence-corrected chi connectivity index (χ3v) is 3.57. The highest BCUT2D eigenvalue weighted by molar-refractivity contribution is 6.32. The van der Waals surface area contributed by atoms with Gasteiger partial charge in [-0.3, -0.25) is 0 Å². The Labute approximate surface area is 109 Å². The molecule has 0 aliphatic carbocycles. The number of likely N-dealkylation sites (tertiary alicyclic amines) is 1. The number of rotatable bonds is 2. The fourth-order valence-electron chi connectivity index (χ4n) is 2.20. The zero-order valence-electron chi connectivity index (χ0n) is 9.58. The van der Waals surface area contributed by atoms with Gasteiger partial charge in [0, 0.05) is 19.0 Å². The molecule has 98 valence electrons. The Hall–Kier alpha value is -1.46. The number of aliphatic hydroxyl groups excluding tert-OH is 1. The van der Waals surface area contributed by atoms with Crippen LogP contribution in [0.15, 0.2) is 18.2 Å². The summed E-state index contributed by atoms with van der Waals surface area (Å²) in [6.45, 7) is 0.733. The van der Waals surface area contributed by atoms with Gasteiger partial charge in [-0.1, -0.05) is 17.7 Å². The SMILES string of the molecule is O=C(O)N1CC[C@@H](C(O)c2ccc(Cl)c(O)c2)C1. The summed E-state index contributed by atoms with van der Waals surface area (Å²) in [5.41, 5.74) is 0.550. The molecule has 1 fully saturated rings. The van der Waals surface area contributed by atoms with Crippen molar-refractivity contribution < 1.29 is 20.1 Å². The largest absolute Gasteiger partial charge is 0.506 e. The summed E-state index contributed by atoms with van der Waals surface area (Å²) < 4.78 is 0. The molecule has 1 aliphatic rings. The van der Waals surface area contributed by atoms with Crippen LogP contribution in [0.5, 0.6) is 5.75 Å². The molecule has 0 aromatic heterocycles. The summed E-state index contributed by atoms with van der Waals surface area (Å²) in [5, 5.41) is 28.7. The number of benzene rings is 1. The van der Waals surface area contributed by atoms with E-state index in [0.717, 1.165) is 0 Å². The number of aromatic hydroxyl groups is 1. The quantitative estimate of drug-likeness (QED) is 0.769. The summed E-state index contributed by atoms with van der Waals surface area (Å²) in [5.74, 6) is -0.233. The Morgan fingerprint density at radius 2 is 2.22 bits per heavy atom. The van der Waals surface area contributed by atoms with Crippen molar-refractivity contribution in [2.45, 2.75) is 12.5 Å². The van der Waals surface area contributed by atoms with Crippen molar-refractivity contribution in [3.8, 4) is 5.75 Å². The van der Waals surface area contributed by atoms with Crippen LogP contribution in [0, 0.1) is 5.92 Å². The molecule has 2 rings (SSSR count). The third-order valence-electron chi connectivity index (χ3n) is 3.25. The highest BCUT2D eigenvalue weighted by atomic mass is 35.5. The van der Waals surface area contributed by atoms with Gasteiger partial charge in [0.1, 0.15) is 5.75 Å². The summed E-state index contributed by atoms with van der Waals surface area (Å²) in [4.78, 5) is 12.1. The molecule has 3 N–H and O–H groups in total. The van der Waals surface area contributed by atoms with Gasteiger partial charge in [-0.05, 0) is 24.1 Å². The van der Waals surface area contributed by atoms with Gasteiger partial charge >= 0.3 is 6.09 Å². The lowest BCUT2D eigenvalue weighted by molar-refractivity contribution is 0.107. The number of aliphatic hydroxyl groups is 1. The molecule has 6 heteroatoms. The van der Waals surface area contributed by atoms with Crippen LogP contribution >= 0.6 is 11.6 Å². The maximum Gasteiger partial charge on any atom is 0.407 e. The lowest BCUT2D eigenvalue weighted by Crippen LogP contribution is -2.27. The molecule has 1 aliphatic heterocycles. The van der Waals surface area contributed by atoms with E-state index in [4.69, 9.17) is 16.7 Å². The van der Waals surface area contributed by atoms with Crippen LogP contribution in [-0.2, 0) is 0 Å². The van der Waals surface area contributed by atoms with Gasteiger partial charge in [0.25, 0.3) is 0 Å². The van der Waals surface area contributed by atoms with Crippen LogP contribution in [0.3, 0.4) is 0 Å². The Morgan fingerprint density at radius 3 is 2.78 bits per heavy atom. The number of amides is 1. The predicted octanol–water partition coefficient (Wildman–Crippen LogP) is 2.08. The molecule has 0 saturated carbocycles. The molecule has 1 heterocycles. The van der Waals surface area contributed by atoms with E-state index in [1.165, 1.54) is 17.0 Å². The maximum absolute atomic E-state index is 10.8. The van der Waals surface area contributed by atoms with E-state index in [1.54, 1.807) is 6.07 Å². The van der Waals surface area contributed by atoms with E-state index < -0.39 is 12.2 Å². The van der Waals surface area contributed by atoms with Gasteiger partial charge in [-0.25, -0.2) is 4.79 Å². The van der Waals surface area contributed by atoms with Crippen LogP contribution in [0.4, 0.5) is 4.79 Å². The normalized spacial score (nSPS) is 21.0. The van der Waals surface area contributed by atoms with Gasteiger partial charge < -0.3 is 20.2 Å². The van der Waals surface area contributed by atoms with Crippen molar-refractivity contribution in [1.29, 1.82) is 0 Å². The zero-order chi connectivity index (χ0) is 13.3. The summed E-state index contributed by atoms with van der Waals surface area (Å²) in [6.07, 6.45) is -1.15. The van der Waals surface area contributed by atoms with E-state index in [-0.39, 0.29) is 16.7 Å². The Bertz CT molecular complexity index is 465. The number of halogens is 1. The van der Waals surface area contributed by atoms with Crippen LogP contribution in [0.2, 0.25) is 5.02 Å². The monoisotopic (exact) mass is 271 g/mol. The minimum absolute atomic E-state index is 0.0821. The lowest BCUT2D eigenvalue weighted by atomic mass is 9.95. The van der Waals surface area contributed by atoms with E-state index in [2.05, 4.69) is 0 Å². The average molecular weight is 272 g/mol. The predicted molar refractivity (Wildman–Crippen MR) is 65.8 cm³/mol. The number of hydrogen-bond donors (Lipinski definition) is 3. The van der Waals surface area contributed by atoms with Crippen molar-refractivity contribution >= 4 is 17.7 Å². The number of carboxylic acid groups (broad SMARTS) is 1. The average Bonchev–Trinajstić information content (AvgIpc) is 2.81. The fourth-order valence-corrected chi connectivity index (χ4v) is 2.32. The Morgan fingerprint density at radius 1 is 1.50 bits per heavy atom. The number of phenols is 1. The van der Waals surface area contributed by atoms with Crippen LogP contribution in [0.25, 0.3) is 0 Å². The summed E-state index contributed by atoms with van der Waals surface area (Å²) >= 11 is 5.69. The topological polar surface area (TPSA) is 81.0 Å². The molecule has 2 atom stereocenters. The zero-order valence-corrected chi connectivity index (χ0v) is 10.3. The second-order valence-corrected chi connectivity index (χ2v) is 4.84. The molecule has 1 aromatic carbocycles. The Kier molecular flexibility index (Phi) is 3.63. The minimum atomic E-state index is -0.969. The summed E-state index contributed by atoms with van der Waals surface area (Å²) in [6, 6.07) is 4.56. The highest BCUT2D eigenvalue weighted by Gasteiger charge is 2.31. The number of hydrogen-bond acceptors (Lipinski definition) is 3. The molecule has 1 saturated heterocycles. The fraction of sp³-hybridized carbons (Fsp3) is 0.417. The number of phenolic OH excluding ortho intramolecular Hbond substituents is 1. The van der Waals surface area contributed by atoms with Crippen molar-refractivity contribution in [2.24, 2.45) is 5.92 Å². The summed E-state index contributed by atoms with van der Waals surface area (Å²) in [7, 11) is 0. The van der Waals surface area contributed by atoms with Crippen molar-refractivity contribution in [3.63, 3.8) is 0 Å². The van der Waals surface area contributed by atoms with Crippen LogP contribution in [0.1, 0.15) is 18.1 Å². The first kappa shape index (κ1) is 13.0. The van der Waals surface area contributed by atoms with Crippen molar-refractivity contribution in [2.75, 3.05) is 13.1 Å². The molecule has 1 amide bonds. The van der Waals surface area contributed by atoms with Crippen LogP contribution < -0.4 is 0 Å². The van der Waals surface area contributed by atoms with Gasteiger partial charge in [0.15, 0.2) is 0 Å². The van der Waals surface area contributed by atoms with Crippen LogP contribution in [-0.4, -0.2) is 39.4 Å². The first-order valence-electron chi connectivity index (χ1n) is 5.63. The smallest absolute Gasteiger partial charge is 0.407 e. The highest BCUT2D eigenvalue weighted by Crippen LogP contribution is 2.33. The lowest BCUT2D eigenvalue weighted by Gasteiger charge is -2.19. The standard InChI is InChI=1S/C12H14ClNO4/c13-9-2-1-7(5-10(9)15)11(16)8-3-4-14(6-8)12(17)18/h1-2,5,8,11,15-16H,3-4,6H2,(H,17,18)/t8-,11?/m1/s1. The Balaban J connectivity index is 2.10. The molecule has 1 aromatic rings. The molecule has 18 heavy (non-hydrogen) atoms. The molecule has 0 spiro atoms. The second-order valence-electron chi connectivity index (χ2n) is 4.43. The van der Waals surface area contributed by atoms with Crippen molar-refractivity contribution in [3.05, 3.63) is 28.8 Å². The van der Waals surface area contributed by atoms with Gasteiger partial charge in [-0.2, -0.15) is 0 Å². The molecular weight excluding hydrogens is 258 g/mol. The first-order valence-corrected chi connectivity index (χ1v) is 6.01. The van der Waals surface area contributed by atoms with E-state index >= 15 is 0 Å². The van der Waals surface area contributed by atoms with Gasteiger partial charge in [-0.15, -0.1) is 0 Å². The van der Waals surface area contributed by atoms with Gasteiger partial charge in [0.2, 0.25) is 0 Å². The molecule has 1 unspecified atom stereocenters. The molecular formula is C12H14ClNO4. The van der Waals surface area contributed by atoms with Crippen molar-refractivity contribution in [1.82, 2.24) is 4.90 Å². The van der Waals surface area contributed by atoms with E-state index in [0.29, 0.717) is 25.1 Å². The number of carbonyl (C=O) groups is 1. The molecule has 0 bridgehead atoms. The molecule has 0 radical (unpaired) electrons. The number of nitrogens with zero attached hydrogens (tertiary/aromatic N) is 1.